The molecule has 0 bridgehead atoms. The van der Waals surface area contributed by atoms with E-state index in [2.05, 4.69) is 14.7 Å². The lowest BCUT2D eigenvalue weighted by Crippen LogP contribution is -2.31. The van der Waals surface area contributed by atoms with Gasteiger partial charge in [-0.05, 0) is 18.6 Å². The van der Waals surface area contributed by atoms with E-state index in [0.717, 1.165) is 6.20 Å². The standard InChI is InChI=1S/C10H9BF2N2O3/c1-5-2-6(11(16)17)9-7(3-5)15-8(4-14-9)18-10(12)13/h2-4,10,16-17H,1H3. The van der Waals surface area contributed by atoms with E-state index in [1.165, 1.54) is 6.07 Å². The predicted molar refractivity (Wildman–Crippen MR) is 60.7 cm³/mol. The fourth-order valence-electron chi connectivity index (χ4n) is 1.63. The van der Waals surface area contributed by atoms with Crippen molar-refractivity contribution >= 4 is 23.6 Å². The first-order valence-corrected chi connectivity index (χ1v) is 5.05. The molecular weight excluding hydrogens is 245 g/mol. The summed E-state index contributed by atoms with van der Waals surface area (Å²) in [6, 6.07) is 3.13. The summed E-state index contributed by atoms with van der Waals surface area (Å²) in [6.07, 6.45) is 1.01. The van der Waals surface area contributed by atoms with Crippen molar-refractivity contribution in [2.75, 3.05) is 0 Å². The van der Waals surface area contributed by atoms with Crippen LogP contribution in [0.1, 0.15) is 5.56 Å². The molecule has 5 nitrogen and oxygen atoms in total. The minimum absolute atomic E-state index is 0.168. The number of benzene rings is 1. The molecule has 2 rings (SSSR count). The zero-order valence-corrected chi connectivity index (χ0v) is 9.34. The van der Waals surface area contributed by atoms with Crippen LogP contribution in [0.25, 0.3) is 11.0 Å². The van der Waals surface area contributed by atoms with E-state index in [4.69, 9.17) is 0 Å². The fraction of sp³-hybridized carbons (Fsp3) is 0.200. The lowest BCUT2D eigenvalue weighted by Gasteiger charge is -2.08. The first kappa shape index (κ1) is 12.7. The van der Waals surface area contributed by atoms with Crippen molar-refractivity contribution in [2.24, 2.45) is 0 Å². The van der Waals surface area contributed by atoms with E-state index in [1.54, 1.807) is 13.0 Å². The maximum atomic E-state index is 12.0. The molecule has 0 amide bonds. The lowest BCUT2D eigenvalue weighted by molar-refractivity contribution is -0.0528. The fourth-order valence-corrected chi connectivity index (χ4v) is 1.63. The highest BCUT2D eigenvalue weighted by atomic mass is 19.3. The number of aryl methyl sites for hydroxylation is 1. The van der Waals surface area contributed by atoms with E-state index in [9.17, 15) is 18.8 Å². The molecule has 0 atom stereocenters. The number of hydrogen-bond acceptors (Lipinski definition) is 5. The molecule has 2 N–H and O–H groups in total. The lowest BCUT2D eigenvalue weighted by atomic mass is 9.78. The highest BCUT2D eigenvalue weighted by Crippen LogP contribution is 2.15. The van der Waals surface area contributed by atoms with Crippen molar-refractivity contribution in [1.29, 1.82) is 0 Å². The zero-order valence-electron chi connectivity index (χ0n) is 9.34. The summed E-state index contributed by atoms with van der Waals surface area (Å²) < 4.78 is 28.2. The smallest absolute Gasteiger partial charge is 0.423 e. The minimum Gasteiger partial charge on any atom is -0.423 e. The molecule has 0 fully saturated rings. The quantitative estimate of drug-likeness (QED) is 0.766. The largest absolute Gasteiger partial charge is 0.490 e. The second-order valence-electron chi connectivity index (χ2n) is 3.68. The Kier molecular flexibility index (Phi) is 3.40. The molecule has 0 saturated carbocycles. The third-order valence-electron chi connectivity index (χ3n) is 2.29. The van der Waals surface area contributed by atoms with Gasteiger partial charge in [-0.3, -0.25) is 0 Å². The number of aromatic nitrogens is 2. The van der Waals surface area contributed by atoms with E-state index in [1.807, 2.05) is 0 Å². The molecule has 0 spiro atoms. The van der Waals surface area contributed by atoms with Crippen LogP contribution in [0.15, 0.2) is 18.3 Å². The summed E-state index contributed by atoms with van der Waals surface area (Å²) in [6.45, 7) is -1.27. The van der Waals surface area contributed by atoms with Crippen LogP contribution in [0.4, 0.5) is 8.78 Å². The Hall–Kier alpha value is -1.80. The third-order valence-corrected chi connectivity index (χ3v) is 2.29. The predicted octanol–water partition coefficient (Wildman–Crippen LogP) is 0.219. The van der Waals surface area contributed by atoms with Gasteiger partial charge in [0.25, 0.3) is 0 Å². The Balaban J connectivity index is 2.56. The Bertz CT molecular complexity index is 580. The zero-order chi connectivity index (χ0) is 13.3. The van der Waals surface area contributed by atoms with Gasteiger partial charge in [-0.15, -0.1) is 0 Å². The first-order valence-electron chi connectivity index (χ1n) is 5.05. The number of hydrogen-bond donors (Lipinski definition) is 2. The number of ether oxygens (including phenoxy) is 1. The molecule has 2 aromatic rings. The van der Waals surface area contributed by atoms with E-state index >= 15 is 0 Å². The van der Waals surface area contributed by atoms with Crippen LogP contribution in [-0.2, 0) is 0 Å². The van der Waals surface area contributed by atoms with Gasteiger partial charge in [0.2, 0.25) is 5.88 Å². The molecule has 0 aliphatic carbocycles. The molecule has 0 saturated heterocycles. The maximum absolute atomic E-state index is 12.0. The molecule has 8 heteroatoms. The molecule has 0 radical (unpaired) electrons. The molecule has 94 valence electrons. The first-order chi connectivity index (χ1) is 8.47. The highest BCUT2D eigenvalue weighted by Gasteiger charge is 2.18. The van der Waals surface area contributed by atoms with Crippen molar-refractivity contribution in [3.8, 4) is 5.88 Å². The SMILES string of the molecule is Cc1cc(B(O)O)c2ncc(OC(F)F)nc2c1. The van der Waals surface area contributed by atoms with Crippen molar-refractivity contribution in [3.63, 3.8) is 0 Å². The van der Waals surface area contributed by atoms with Gasteiger partial charge in [-0.2, -0.15) is 8.78 Å². The van der Waals surface area contributed by atoms with Gasteiger partial charge in [0.1, 0.15) is 0 Å². The highest BCUT2D eigenvalue weighted by molar-refractivity contribution is 6.61. The van der Waals surface area contributed by atoms with Gasteiger partial charge in [-0.1, -0.05) is 6.07 Å². The summed E-state index contributed by atoms with van der Waals surface area (Å²) in [5.74, 6) is -0.318. The van der Waals surface area contributed by atoms with Gasteiger partial charge in [-0.25, -0.2) is 9.97 Å². The summed E-state index contributed by atoms with van der Waals surface area (Å²) in [7, 11) is -1.71. The number of rotatable bonds is 3. The molecule has 18 heavy (non-hydrogen) atoms. The van der Waals surface area contributed by atoms with Gasteiger partial charge < -0.3 is 14.8 Å². The van der Waals surface area contributed by atoms with E-state index in [0.29, 0.717) is 5.56 Å². The van der Waals surface area contributed by atoms with E-state index in [-0.39, 0.29) is 22.4 Å². The monoisotopic (exact) mass is 254 g/mol. The number of halogens is 2. The average molecular weight is 254 g/mol. The van der Waals surface area contributed by atoms with Crippen molar-refractivity contribution in [3.05, 3.63) is 23.9 Å². The second-order valence-corrected chi connectivity index (χ2v) is 3.68. The van der Waals surface area contributed by atoms with Gasteiger partial charge >= 0.3 is 13.7 Å². The Morgan fingerprint density at radius 3 is 2.67 bits per heavy atom. The molecule has 0 aliphatic rings. The topological polar surface area (TPSA) is 75.5 Å². The van der Waals surface area contributed by atoms with E-state index < -0.39 is 13.7 Å². The van der Waals surface area contributed by atoms with Crippen LogP contribution in [-0.4, -0.2) is 33.7 Å². The number of nitrogens with zero attached hydrogens (tertiary/aromatic N) is 2. The Labute approximate surface area is 101 Å². The van der Waals surface area contributed by atoms with Crippen LogP contribution in [0, 0.1) is 6.92 Å². The number of alkyl halides is 2. The van der Waals surface area contributed by atoms with Crippen LogP contribution < -0.4 is 10.2 Å². The van der Waals surface area contributed by atoms with Gasteiger partial charge in [0, 0.05) is 5.46 Å². The Morgan fingerprint density at radius 2 is 2.06 bits per heavy atom. The second kappa shape index (κ2) is 4.83. The van der Waals surface area contributed by atoms with Crippen molar-refractivity contribution in [1.82, 2.24) is 9.97 Å². The molecule has 1 heterocycles. The molecule has 1 aromatic carbocycles. The summed E-state index contributed by atoms with van der Waals surface area (Å²) in [5.41, 5.74) is 1.36. The average Bonchev–Trinajstić information content (AvgIpc) is 2.26. The summed E-state index contributed by atoms with van der Waals surface area (Å²) >= 11 is 0. The summed E-state index contributed by atoms with van der Waals surface area (Å²) in [5, 5.41) is 18.4. The molecular formula is C10H9BF2N2O3. The van der Waals surface area contributed by atoms with Gasteiger partial charge in [0.05, 0.1) is 17.2 Å². The van der Waals surface area contributed by atoms with Crippen LogP contribution in [0.3, 0.4) is 0 Å². The van der Waals surface area contributed by atoms with Crippen LogP contribution in [0.2, 0.25) is 0 Å². The molecule has 1 aromatic heterocycles. The van der Waals surface area contributed by atoms with Crippen molar-refractivity contribution < 1.29 is 23.6 Å². The molecule has 0 aliphatic heterocycles. The Morgan fingerprint density at radius 1 is 1.33 bits per heavy atom. The number of fused-ring (bicyclic) bond motifs is 1. The van der Waals surface area contributed by atoms with Gasteiger partial charge in [0.15, 0.2) is 0 Å². The molecule has 0 unspecified atom stereocenters. The maximum Gasteiger partial charge on any atom is 0.490 e. The third kappa shape index (κ3) is 2.54. The van der Waals surface area contributed by atoms with Crippen LogP contribution >= 0.6 is 0 Å². The van der Waals surface area contributed by atoms with Crippen molar-refractivity contribution in [2.45, 2.75) is 13.5 Å². The van der Waals surface area contributed by atoms with Crippen LogP contribution in [0.5, 0.6) is 5.88 Å². The minimum atomic E-state index is -2.98. The normalized spacial score (nSPS) is 11.0. The summed E-state index contributed by atoms with van der Waals surface area (Å²) in [4.78, 5) is 7.69.